The fourth-order valence-electron chi connectivity index (χ4n) is 4.33. The van der Waals surface area contributed by atoms with Crippen LogP contribution < -0.4 is 19.1 Å². The van der Waals surface area contributed by atoms with Crippen LogP contribution in [0, 0.1) is 0 Å². The first kappa shape index (κ1) is 19.8. The quantitative estimate of drug-likeness (QED) is 0.548. The average molecular weight is 403 g/mol. The summed E-state index contributed by atoms with van der Waals surface area (Å²) in [5.74, 6) is 1.75. The Kier molecular flexibility index (Phi) is 5.36. The van der Waals surface area contributed by atoms with E-state index >= 15 is 0 Å². The normalized spacial score (nSPS) is 15.6. The summed E-state index contributed by atoms with van der Waals surface area (Å²) < 4.78 is 16.7. The highest BCUT2D eigenvalue weighted by atomic mass is 16.5. The lowest BCUT2D eigenvalue weighted by Gasteiger charge is -2.35. The minimum atomic E-state index is -0.172. The van der Waals surface area contributed by atoms with Gasteiger partial charge in [0.05, 0.1) is 21.3 Å². The van der Waals surface area contributed by atoms with E-state index in [4.69, 9.17) is 14.2 Å². The molecule has 0 saturated carbocycles. The maximum atomic E-state index is 13.1. The number of fused-ring (bicyclic) bond motifs is 3. The van der Waals surface area contributed by atoms with Gasteiger partial charge in [-0.3, -0.25) is 4.79 Å². The summed E-state index contributed by atoms with van der Waals surface area (Å²) in [4.78, 5) is 14.9. The van der Waals surface area contributed by atoms with Crippen molar-refractivity contribution in [3.8, 4) is 17.2 Å². The first-order valence-electron chi connectivity index (χ1n) is 9.85. The predicted molar refractivity (Wildman–Crippen MR) is 119 cm³/mol. The van der Waals surface area contributed by atoms with E-state index < -0.39 is 0 Å². The Hall–Kier alpha value is -3.47. The SMILES string of the molecule is C=CCN1C(=O)CC(c2cc(OC)c(OC)cc2OC)c2c1ccc1ccccc21. The number of anilines is 1. The van der Waals surface area contributed by atoms with Crippen LogP contribution >= 0.6 is 0 Å². The van der Waals surface area contributed by atoms with Crippen molar-refractivity contribution in [1.82, 2.24) is 0 Å². The van der Waals surface area contributed by atoms with Crippen LogP contribution in [0.4, 0.5) is 5.69 Å². The van der Waals surface area contributed by atoms with Crippen molar-refractivity contribution in [1.29, 1.82) is 0 Å². The van der Waals surface area contributed by atoms with Gasteiger partial charge in [-0.15, -0.1) is 6.58 Å². The second kappa shape index (κ2) is 8.11. The largest absolute Gasteiger partial charge is 0.496 e. The van der Waals surface area contributed by atoms with Crippen molar-refractivity contribution >= 4 is 22.4 Å². The van der Waals surface area contributed by atoms with Gasteiger partial charge in [0.25, 0.3) is 0 Å². The van der Waals surface area contributed by atoms with Crippen LogP contribution in [0.5, 0.6) is 17.2 Å². The summed E-state index contributed by atoms with van der Waals surface area (Å²) in [5, 5.41) is 2.26. The molecule has 0 bridgehead atoms. The molecule has 0 spiro atoms. The van der Waals surface area contributed by atoms with E-state index in [2.05, 4.69) is 24.8 Å². The maximum Gasteiger partial charge on any atom is 0.228 e. The van der Waals surface area contributed by atoms with Gasteiger partial charge in [-0.2, -0.15) is 0 Å². The van der Waals surface area contributed by atoms with Gasteiger partial charge >= 0.3 is 0 Å². The summed E-state index contributed by atoms with van der Waals surface area (Å²) in [6.45, 7) is 4.30. The third-order valence-electron chi connectivity index (χ3n) is 5.69. The highest BCUT2D eigenvalue weighted by Gasteiger charge is 2.35. The average Bonchev–Trinajstić information content (AvgIpc) is 2.79. The van der Waals surface area contributed by atoms with Crippen LogP contribution in [0.2, 0.25) is 0 Å². The van der Waals surface area contributed by atoms with Crippen LogP contribution in [0.15, 0.2) is 61.2 Å². The maximum absolute atomic E-state index is 13.1. The van der Waals surface area contributed by atoms with Crippen molar-refractivity contribution in [3.05, 3.63) is 72.3 Å². The van der Waals surface area contributed by atoms with Gasteiger partial charge in [-0.1, -0.05) is 36.4 Å². The molecule has 0 fully saturated rings. The van der Waals surface area contributed by atoms with E-state index in [1.807, 2.05) is 30.3 Å². The molecule has 4 rings (SSSR count). The zero-order chi connectivity index (χ0) is 21.3. The van der Waals surface area contributed by atoms with Gasteiger partial charge in [0.1, 0.15) is 5.75 Å². The number of amides is 1. The van der Waals surface area contributed by atoms with Gasteiger partial charge in [-0.05, 0) is 28.5 Å². The Labute approximate surface area is 176 Å². The zero-order valence-electron chi connectivity index (χ0n) is 17.5. The number of hydrogen-bond acceptors (Lipinski definition) is 4. The molecule has 30 heavy (non-hydrogen) atoms. The van der Waals surface area contributed by atoms with Gasteiger partial charge < -0.3 is 19.1 Å². The summed E-state index contributed by atoms with van der Waals surface area (Å²) in [6.07, 6.45) is 2.09. The number of carbonyl (C=O) groups is 1. The van der Waals surface area contributed by atoms with Crippen LogP contribution in [-0.2, 0) is 4.79 Å². The molecule has 1 unspecified atom stereocenters. The fraction of sp³-hybridized carbons (Fsp3) is 0.240. The molecule has 5 nitrogen and oxygen atoms in total. The molecule has 1 heterocycles. The molecule has 3 aromatic carbocycles. The first-order valence-corrected chi connectivity index (χ1v) is 9.85. The second-order valence-electron chi connectivity index (χ2n) is 7.22. The van der Waals surface area contributed by atoms with Gasteiger partial charge in [-0.25, -0.2) is 0 Å². The Balaban J connectivity index is 2.01. The van der Waals surface area contributed by atoms with Gasteiger partial charge in [0.2, 0.25) is 5.91 Å². The Morgan fingerprint density at radius 1 is 1.00 bits per heavy atom. The van der Waals surface area contributed by atoms with E-state index in [0.717, 1.165) is 27.6 Å². The van der Waals surface area contributed by atoms with Gasteiger partial charge in [0.15, 0.2) is 11.5 Å². The first-order chi connectivity index (χ1) is 14.6. The molecule has 0 saturated heterocycles. The van der Waals surface area contributed by atoms with E-state index in [1.54, 1.807) is 32.3 Å². The molecule has 3 aromatic rings. The number of rotatable bonds is 6. The summed E-state index contributed by atoms with van der Waals surface area (Å²) >= 11 is 0. The van der Waals surface area contributed by atoms with E-state index in [1.165, 1.54) is 0 Å². The Morgan fingerprint density at radius 3 is 2.40 bits per heavy atom. The molecule has 0 aliphatic carbocycles. The topological polar surface area (TPSA) is 48.0 Å². The second-order valence-corrected chi connectivity index (χ2v) is 7.22. The fourth-order valence-corrected chi connectivity index (χ4v) is 4.33. The Morgan fingerprint density at radius 2 is 1.70 bits per heavy atom. The number of ether oxygens (including phenoxy) is 3. The summed E-state index contributed by atoms with van der Waals surface area (Å²) in [6, 6.07) is 16.1. The van der Waals surface area contributed by atoms with Crippen LogP contribution in [0.1, 0.15) is 23.5 Å². The lowest BCUT2D eigenvalue weighted by molar-refractivity contribution is -0.119. The molecule has 0 radical (unpaired) electrons. The number of benzene rings is 3. The number of carbonyl (C=O) groups excluding carboxylic acids is 1. The molecular weight excluding hydrogens is 378 g/mol. The van der Waals surface area contributed by atoms with Crippen LogP contribution in [0.25, 0.3) is 10.8 Å². The Bertz CT molecular complexity index is 1120. The van der Waals surface area contributed by atoms with Crippen LogP contribution in [0.3, 0.4) is 0 Å². The van der Waals surface area contributed by atoms with Crippen molar-refractivity contribution in [2.24, 2.45) is 0 Å². The number of nitrogens with zero attached hydrogens (tertiary/aromatic N) is 1. The van der Waals surface area contributed by atoms with Crippen molar-refractivity contribution in [2.75, 3.05) is 32.8 Å². The molecule has 1 atom stereocenters. The van der Waals surface area contributed by atoms with E-state index in [0.29, 0.717) is 30.2 Å². The third-order valence-corrected chi connectivity index (χ3v) is 5.69. The third kappa shape index (κ3) is 3.16. The summed E-state index contributed by atoms with van der Waals surface area (Å²) in [7, 11) is 4.83. The van der Waals surface area contributed by atoms with Crippen molar-refractivity contribution in [2.45, 2.75) is 12.3 Å². The van der Waals surface area contributed by atoms with Crippen molar-refractivity contribution in [3.63, 3.8) is 0 Å². The number of hydrogen-bond donors (Lipinski definition) is 0. The lowest BCUT2D eigenvalue weighted by atomic mass is 9.80. The number of methoxy groups -OCH3 is 3. The predicted octanol–water partition coefficient (Wildman–Crippen LogP) is 4.92. The molecule has 1 aliphatic heterocycles. The van der Waals surface area contributed by atoms with Crippen LogP contribution in [-0.4, -0.2) is 33.8 Å². The zero-order valence-corrected chi connectivity index (χ0v) is 17.5. The highest BCUT2D eigenvalue weighted by Crippen LogP contribution is 2.48. The molecular formula is C25H25NO4. The smallest absolute Gasteiger partial charge is 0.228 e. The van der Waals surface area contributed by atoms with Crippen molar-refractivity contribution < 1.29 is 19.0 Å². The highest BCUT2D eigenvalue weighted by molar-refractivity contribution is 6.03. The molecule has 1 amide bonds. The molecule has 0 N–H and O–H groups in total. The molecule has 1 aliphatic rings. The van der Waals surface area contributed by atoms with Gasteiger partial charge in [0, 0.05) is 36.2 Å². The molecule has 0 aromatic heterocycles. The van der Waals surface area contributed by atoms with E-state index in [9.17, 15) is 4.79 Å². The summed E-state index contributed by atoms with van der Waals surface area (Å²) in [5.41, 5.74) is 2.92. The minimum absolute atomic E-state index is 0.0551. The minimum Gasteiger partial charge on any atom is -0.496 e. The standard InChI is InChI=1S/C25H25NO4/c1-5-12-26-20-11-10-16-8-6-7-9-17(16)25(20)19(14-24(26)27)18-13-22(29-3)23(30-4)15-21(18)28-2/h5-11,13,15,19H,1,12,14H2,2-4H3. The lowest BCUT2D eigenvalue weighted by Crippen LogP contribution is -2.37. The van der Waals surface area contributed by atoms with E-state index in [-0.39, 0.29) is 11.8 Å². The molecule has 5 heteroatoms. The molecule has 154 valence electrons. The monoisotopic (exact) mass is 403 g/mol.